The highest BCUT2D eigenvalue weighted by Crippen LogP contribution is 2.12. The summed E-state index contributed by atoms with van der Waals surface area (Å²) in [6, 6.07) is 0. The van der Waals surface area contributed by atoms with Crippen molar-refractivity contribution in [1.82, 2.24) is 0 Å². The molecule has 162 valence electrons. The molecular weight excluding hydrogens is 348 g/mol. The Kier molecular flexibility index (Phi) is 20.4. The molecule has 0 fully saturated rings. The van der Waals surface area contributed by atoms with Crippen LogP contribution in [0.25, 0.3) is 0 Å². The predicted octanol–water partition coefficient (Wildman–Crippen LogP) is 5.10. The molecular formula is C21H42O6. The molecule has 0 aliphatic heterocycles. The van der Waals surface area contributed by atoms with E-state index in [1.54, 1.807) is 0 Å². The summed E-state index contributed by atoms with van der Waals surface area (Å²) in [5.41, 5.74) is 0. The highest BCUT2D eigenvalue weighted by atomic mass is 16.5. The molecule has 0 saturated carbocycles. The standard InChI is InChI=1S/C14H28O2.C7H14O4/c1-2-3-4-5-6-7-8-9-10-11-12-13-14(15)16;1-2-3-4-5-7(10,11)6(8)9/h2-13H2,1H3,(H,15,16);10-11H,2-5H2,1H3,(H,8,9). The Balaban J connectivity index is 0. The third-order valence-electron chi connectivity index (χ3n) is 4.47. The Hall–Kier alpha value is -1.14. The maximum absolute atomic E-state index is 10.3. The van der Waals surface area contributed by atoms with Gasteiger partial charge in [-0.3, -0.25) is 4.79 Å². The van der Waals surface area contributed by atoms with Crippen LogP contribution in [-0.4, -0.2) is 38.2 Å². The van der Waals surface area contributed by atoms with Gasteiger partial charge in [0.05, 0.1) is 0 Å². The third kappa shape index (κ3) is 22.8. The summed E-state index contributed by atoms with van der Waals surface area (Å²) in [7, 11) is 0. The van der Waals surface area contributed by atoms with Crippen molar-refractivity contribution in [1.29, 1.82) is 0 Å². The van der Waals surface area contributed by atoms with Crippen LogP contribution in [0.5, 0.6) is 0 Å². The molecule has 0 heterocycles. The summed E-state index contributed by atoms with van der Waals surface area (Å²) in [5.74, 6) is -4.76. The third-order valence-corrected chi connectivity index (χ3v) is 4.47. The molecule has 0 atom stereocenters. The van der Waals surface area contributed by atoms with Crippen LogP contribution < -0.4 is 0 Å². The van der Waals surface area contributed by atoms with E-state index >= 15 is 0 Å². The van der Waals surface area contributed by atoms with Crippen LogP contribution in [0.4, 0.5) is 0 Å². The van der Waals surface area contributed by atoms with Crippen LogP contribution in [0.3, 0.4) is 0 Å². The van der Waals surface area contributed by atoms with Crippen LogP contribution in [0, 0.1) is 0 Å². The van der Waals surface area contributed by atoms with E-state index in [-0.39, 0.29) is 6.42 Å². The zero-order valence-corrected chi connectivity index (χ0v) is 17.4. The van der Waals surface area contributed by atoms with Gasteiger partial charge in [-0.25, -0.2) is 4.79 Å². The smallest absolute Gasteiger partial charge is 0.364 e. The first-order valence-corrected chi connectivity index (χ1v) is 10.7. The van der Waals surface area contributed by atoms with Gasteiger partial charge in [0.2, 0.25) is 0 Å². The van der Waals surface area contributed by atoms with Crippen molar-refractivity contribution in [2.75, 3.05) is 0 Å². The Morgan fingerprint density at radius 3 is 1.37 bits per heavy atom. The second-order valence-electron chi connectivity index (χ2n) is 7.26. The fourth-order valence-corrected chi connectivity index (χ4v) is 2.67. The molecule has 0 amide bonds. The molecule has 0 bridgehead atoms. The Morgan fingerprint density at radius 2 is 1.00 bits per heavy atom. The minimum Gasteiger partial charge on any atom is -0.481 e. The molecule has 0 aliphatic carbocycles. The van der Waals surface area contributed by atoms with E-state index in [0.29, 0.717) is 12.8 Å². The first-order chi connectivity index (χ1) is 12.8. The molecule has 0 aromatic carbocycles. The van der Waals surface area contributed by atoms with Crippen molar-refractivity contribution < 1.29 is 30.0 Å². The molecule has 6 nitrogen and oxygen atoms in total. The fraction of sp³-hybridized carbons (Fsp3) is 0.905. The summed E-state index contributed by atoms with van der Waals surface area (Å²) in [6.45, 7) is 4.20. The Bertz CT molecular complexity index is 355. The van der Waals surface area contributed by atoms with E-state index in [4.69, 9.17) is 20.4 Å². The molecule has 0 saturated heterocycles. The number of carboxylic acid groups (broad SMARTS) is 2. The fourth-order valence-electron chi connectivity index (χ4n) is 2.67. The van der Waals surface area contributed by atoms with Gasteiger partial charge in [0.15, 0.2) is 0 Å². The molecule has 0 unspecified atom stereocenters. The Morgan fingerprint density at radius 1 is 0.630 bits per heavy atom. The van der Waals surface area contributed by atoms with Crippen molar-refractivity contribution in [2.45, 2.75) is 122 Å². The van der Waals surface area contributed by atoms with Gasteiger partial charge in [0, 0.05) is 12.8 Å². The van der Waals surface area contributed by atoms with Crippen molar-refractivity contribution >= 4 is 11.9 Å². The van der Waals surface area contributed by atoms with Crippen molar-refractivity contribution in [3.05, 3.63) is 0 Å². The lowest BCUT2D eigenvalue weighted by Crippen LogP contribution is -2.37. The summed E-state index contributed by atoms with van der Waals surface area (Å²) in [6.07, 6.45) is 16.5. The van der Waals surface area contributed by atoms with Crippen molar-refractivity contribution in [3.8, 4) is 0 Å². The Labute approximate surface area is 165 Å². The van der Waals surface area contributed by atoms with Gasteiger partial charge in [-0.05, 0) is 12.8 Å². The largest absolute Gasteiger partial charge is 0.481 e. The van der Waals surface area contributed by atoms with Gasteiger partial charge < -0.3 is 20.4 Å². The number of rotatable bonds is 17. The van der Waals surface area contributed by atoms with Gasteiger partial charge >= 0.3 is 11.9 Å². The van der Waals surface area contributed by atoms with Crippen LogP contribution in [0.15, 0.2) is 0 Å². The van der Waals surface area contributed by atoms with Gasteiger partial charge in [-0.1, -0.05) is 90.9 Å². The van der Waals surface area contributed by atoms with Gasteiger partial charge in [0.25, 0.3) is 5.79 Å². The van der Waals surface area contributed by atoms with Gasteiger partial charge in [-0.2, -0.15) is 0 Å². The number of aliphatic hydroxyl groups is 2. The van der Waals surface area contributed by atoms with E-state index in [1.165, 1.54) is 57.8 Å². The van der Waals surface area contributed by atoms with Crippen molar-refractivity contribution in [3.63, 3.8) is 0 Å². The summed E-state index contributed by atoms with van der Waals surface area (Å²) in [4.78, 5) is 20.4. The quantitative estimate of drug-likeness (QED) is 0.203. The molecule has 6 heteroatoms. The minimum atomic E-state index is -2.53. The van der Waals surface area contributed by atoms with E-state index in [9.17, 15) is 9.59 Å². The van der Waals surface area contributed by atoms with E-state index < -0.39 is 17.7 Å². The molecule has 0 aromatic rings. The van der Waals surface area contributed by atoms with E-state index in [2.05, 4.69) is 6.92 Å². The van der Waals surface area contributed by atoms with Crippen molar-refractivity contribution in [2.24, 2.45) is 0 Å². The zero-order valence-electron chi connectivity index (χ0n) is 17.4. The molecule has 0 radical (unpaired) electrons. The second kappa shape index (κ2) is 19.6. The number of carboxylic acids is 2. The minimum absolute atomic E-state index is 0.101. The summed E-state index contributed by atoms with van der Waals surface area (Å²) in [5, 5.41) is 34.2. The summed E-state index contributed by atoms with van der Waals surface area (Å²) < 4.78 is 0. The summed E-state index contributed by atoms with van der Waals surface area (Å²) >= 11 is 0. The van der Waals surface area contributed by atoms with E-state index in [0.717, 1.165) is 25.7 Å². The monoisotopic (exact) mass is 390 g/mol. The predicted molar refractivity (Wildman–Crippen MR) is 108 cm³/mol. The normalized spacial score (nSPS) is 11.0. The number of unbranched alkanes of at least 4 members (excludes halogenated alkanes) is 12. The van der Waals surface area contributed by atoms with Gasteiger partial charge in [0.1, 0.15) is 0 Å². The highest BCUT2D eigenvalue weighted by molar-refractivity contribution is 5.74. The SMILES string of the molecule is CCCCCC(O)(O)C(=O)O.CCCCCCCCCCCCCC(=O)O. The van der Waals surface area contributed by atoms with Crippen LogP contribution >= 0.6 is 0 Å². The lowest BCUT2D eigenvalue weighted by molar-refractivity contribution is -0.205. The highest BCUT2D eigenvalue weighted by Gasteiger charge is 2.31. The molecule has 0 aromatic heterocycles. The molecule has 27 heavy (non-hydrogen) atoms. The first-order valence-electron chi connectivity index (χ1n) is 10.7. The average Bonchev–Trinajstić information content (AvgIpc) is 2.60. The second-order valence-corrected chi connectivity index (χ2v) is 7.26. The van der Waals surface area contributed by atoms with Crippen LogP contribution in [0.1, 0.15) is 117 Å². The lowest BCUT2D eigenvalue weighted by Gasteiger charge is -2.15. The lowest BCUT2D eigenvalue weighted by atomic mass is 10.1. The maximum atomic E-state index is 10.3. The topological polar surface area (TPSA) is 115 Å². The number of carbonyl (C=O) groups is 2. The number of aliphatic carboxylic acids is 2. The van der Waals surface area contributed by atoms with Gasteiger partial charge in [-0.15, -0.1) is 0 Å². The zero-order chi connectivity index (χ0) is 21.0. The molecule has 0 aliphatic rings. The molecule has 0 spiro atoms. The average molecular weight is 391 g/mol. The van der Waals surface area contributed by atoms with E-state index in [1.807, 2.05) is 6.92 Å². The molecule has 4 N–H and O–H groups in total. The van der Waals surface area contributed by atoms with Crippen LogP contribution in [0.2, 0.25) is 0 Å². The van der Waals surface area contributed by atoms with Crippen LogP contribution in [-0.2, 0) is 9.59 Å². The number of hydrogen-bond donors (Lipinski definition) is 4. The molecule has 0 rings (SSSR count). The maximum Gasteiger partial charge on any atom is 0.364 e. The number of hydrogen-bond acceptors (Lipinski definition) is 4. The first kappa shape index (κ1) is 28.1.